The molecule has 0 amide bonds. The summed E-state index contributed by atoms with van der Waals surface area (Å²) in [5, 5.41) is 11.2. The lowest BCUT2D eigenvalue weighted by molar-refractivity contribution is -0.139. The molecule has 2 aromatic rings. The number of likely N-dealkylation sites (tertiary alicyclic amines) is 1. The quantitative estimate of drug-likeness (QED) is 0.399. The summed E-state index contributed by atoms with van der Waals surface area (Å²) in [5.74, 6) is 1.55. The average Bonchev–Trinajstić information content (AvgIpc) is 2.87. The second-order valence-corrected chi connectivity index (χ2v) is 11.4. The first kappa shape index (κ1) is 26.0. The Morgan fingerprint density at radius 1 is 1.14 bits per heavy atom. The van der Waals surface area contributed by atoms with Gasteiger partial charge in [-0.15, -0.1) is 0 Å². The third kappa shape index (κ3) is 7.20. The number of methoxy groups -OCH3 is 1. The van der Waals surface area contributed by atoms with E-state index in [0.717, 1.165) is 54.4 Å². The molecule has 2 atom stereocenters. The van der Waals surface area contributed by atoms with Gasteiger partial charge in [-0.3, -0.25) is 14.6 Å². The number of pyridine rings is 1. The SMILES string of the molecule is COc1ccc2nccc(C(=O)CC[C@@H]3CCN(CCSC4CCCCC4)C[C@H]3CC(=O)O)c2c1. The molecule has 0 radical (unpaired) electrons. The number of piperidine rings is 1. The molecule has 1 N–H and O–H groups in total. The van der Waals surface area contributed by atoms with Crippen molar-refractivity contribution in [2.45, 2.75) is 63.0 Å². The Balaban J connectivity index is 1.33. The Bertz CT molecular complexity index is 1010. The summed E-state index contributed by atoms with van der Waals surface area (Å²) in [6.45, 7) is 2.86. The van der Waals surface area contributed by atoms with Crippen LogP contribution < -0.4 is 4.74 Å². The lowest BCUT2D eigenvalue weighted by Gasteiger charge is -2.38. The number of benzene rings is 1. The summed E-state index contributed by atoms with van der Waals surface area (Å²) in [6.07, 6.45) is 10.8. The maximum absolute atomic E-state index is 13.2. The molecule has 2 heterocycles. The second kappa shape index (κ2) is 12.7. The van der Waals surface area contributed by atoms with E-state index in [1.54, 1.807) is 19.4 Å². The molecule has 2 aliphatic rings. The fraction of sp³-hybridized carbons (Fsp3) is 0.607. The summed E-state index contributed by atoms with van der Waals surface area (Å²) in [6, 6.07) is 7.37. The zero-order valence-corrected chi connectivity index (χ0v) is 21.6. The first-order valence-corrected chi connectivity index (χ1v) is 14.1. The topological polar surface area (TPSA) is 79.7 Å². The molecule has 1 aromatic carbocycles. The molecule has 1 saturated carbocycles. The Labute approximate surface area is 212 Å². The van der Waals surface area contributed by atoms with E-state index < -0.39 is 5.97 Å². The third-order valence-electron chi connectivity index (χ3n) is 7.72. The van der Waals surface area contributed by atoms with Gasteiger partial charge in [-0.1, -0.05) is 19.3 Å². The molecular weight excluding hydrogens is 460 g/mol. The third-order valence-corrected chi connectivity index (χ3v) is 9.08. The largest absolute Gasteiger partial charge is 0.497 e. The van der Waals surface area contributed by atoms with E-state index in [4.69, 9.17) is 4.74 Å². The molecule has 1 aliphatic heterocycles. The molecule has 190 valence electrons. The molecule has 1 aliphatic carbocycles. The fourth-order valence-corrected chi connectivity index (χ4v) is 7.09. The Kier molecular flexibility index (Phi) is 9.44. The van der Waals surface area contributed by atoms with Gasteiger partial charge in [0, 0.05) is 54.1 Å². The number of carbonyl (C=O) groups is 2. The van der Waals surface area contributed by atoms with E-state index in [9.17, 15) is 14.7 Å². The first-order chi connectivity index (χ1) is 17.0. The molecule has 0 bridgehead atoms. The summed E-state index contributed by atoms with van der Waals surface area (Å²) in [5.41, 5.74) is 1.45. The number of hydrogen-bond acceptors (Lipinski definition) is 6. The highest BCUT2D eigenvalue weighted by molar-refractivity contribution is 7.99. The Morgan fingerprint density at radius 3 is 2.74 bits per heavy atom. The lowest BCUT2D eigenvalue weighted by Crippen LogP contribution is -2.42. The molecule has 6 nitrogen and oxygen atoms in total. The number of aromatic nitrogens is 1. The van der Waals surface area contributed by atoms with Gasteiger partial charge in [0.25, 0.3) is 0 Å². The smallest absolute Gasteiger partial charge is 0.303 e. The van der Waals surface area contributed by atoms with Crippen molar-refractivity contribution in [3.8, 4) is 5.75 Å². The number of carboxylic acid groups (broad SMARTS) is 1. The number of aliphatic carboxylic acids is 1. The summed E-state index contributed by atoms with van der Waals surface area (Å²) in [7, 11) is 1.61. The molecule has 35 heavy (non-hydrogen) atoms. The molecule has 1 saturated heterocycles. The van der Waals surface area contributed by atoms with Crippen molar-refractivity contribution in [3.63, 3.8) is 0 Å². The number of carbonyl (C=O) groups excluding carboxylic acids is 1. The number of ether oxygens (including phenoxy) is 1. The van der Waals surface area contributed by atoms with E-state index in [0.29, 0.717) is 17.7 Å². The summed E-state index contributed by atoms with van der Waals surface area (Å²) >= 11 is 2.11. The number of hydrogen-bond donors (Lipinski definition) is 1. The number of thioether (sulfide) groups is 1. The van der Waals surface area contributed by atoms with Gasteiger partial charge in [-0.2, -0.15) is 11.8 Å². The number of fused-ring (bicyclic) bond motifs is 1. The van der Waals surface area contributed by atoms with Gasteiger partial charge >= 0.3 is 5.97 Å². The van der Waals surface area contributed by atoms with Gasteiger partial charge < -0.3 is 14.7 Å². The van der Waals surface area contributed by atoms with Crippen LogP contribution in [0.2, 0.25) is 0 Å². The molecule has 7 heteroatoms. The molecule has 2 fully saturated rings. The van der Waals surface area contributed by atoms with Gasteiger partial charge in [0.1, 0.15) is 5.75 Å². The first-order valence-electron chi connectivity index (χ1n) is 13.0. The highest BCUT2D eigenvalue weighted by Crippen LogP contribution is 2.33. The van der Waals surface area contributed by atoms with Crippen molar-refractivity contribution in [3.05, 3.63) is 36.0 Å². The molecular formula is C28H38N2O4S. The number of nitrogens with zero attached hydrogens (tertiary/aromatic N) is 2. The van der Waals surface area contributed by atoms with Crippen LogP contribution in [-0.2, 0) is 4.79 Å². The predicted octanol–water partition coefficient (Wildman–Crippen LogP) is 5.69. The number of Topliss-reactive ketones (excluding diaryl/α,β-unsaturated/α-hetero) is 1. The van der Waals surface area contributed by atoms with Crippen LogP contribution in [0.4, 0.5) is 0 Å². The zero-order chi connectivity index (χ0) is 24.6. The van der Waals surface area contributed by atoms with Gasteiger partial charge in [0.15, 0.2) is 5.78 Å². The van der Waals surface area contributed by atoms with Gasteiger partial charge in [0.2, 0.25) is 0 Å². The normalized spacial score (nSPS) is 21.7. The minimum Gasteiger partial charge on any atom is -0.497 e. The van der Waals surface area contributed by atoms with Gasteiger partial charge in [-0.25, -0.2) is 0 Å². The monoisotopic (exact) mass is 498 g/mol. The van der Waals surface area contributed by atoms with Crippen LogP contribution in [0.15, 0.2) is 30.5 Å². The lowest BCUT2D eigenvalue weighted by atomic mass is 9.79. The maximum atomic E-state index is 13.2. The van der Waals surface area contributed by atoms with Crippen molar-refractivity contribution in [2.24, 2.45) is 11.8 Å². The minimum atomic E-state index is -0.739. The van der Waals surface area contributed by atoms with E-state index >= 15 is 0 Å². The Hall–Kier alpha value is -2.12. The van der Waals surface area contributed by atoms with Crippen molar-refractivity contribution in [1.29, 1.82) is 0 Å². The highest BCUT2D eigenvalue weighted by Gasteiger charge is 2.31. The van der Waals surface area contributed by atoms with E-state index in [2.05, 4.69) is 21.6 Å². The van der Waals surface area contributed by atoms with Gasteiger partial charge in [-0.05, 0) is 68.3 Å². The van der Waals surface area contributed by atoms with Crippen LogP contribution >= 0.6 is 11.8 Å². The Morgan fingerprint density at radius 2 is 1.97 bits per heavy atom. The summed E-state index contributed by atoms with van der Waals surface area (Å²) in [4.78, 5) is 31.6. The molecule has 1 aromatic heterocycles. The van der Waals surface area contributed by atoms with Crippen LogP contribution in [0.3, 0.4) is 0 Å². The number of rotatable bonds is 11. The van der Waals surface area contributed by atoms with E-state index in [-0.39, 0.29) is 24.0 Å². The fourth-order valence-electron chi connectivity index (χ4n) is 5.72. The molecule has 0 spiro atoms. The highest BCUT2D eigenvalue weighted by atomic mass is 32.2. The van der Waals surface area contributed by atoms with Crippen LogP contribution in [0.5, 0.6) is 5.75 Å². The van der Waals surface area contributed by atoms with Crippen molar-refractivity contribution < 1.29 is 19.4 Å². The van der Waals surface area contributed by atoms with Crippen LogP contribution in [-0.4, -0.2) is 64.5 Å². The maximum Gasteiger partial charge on any atom is 0.303 e. The zero-order valence-electron chi connectivity index (χ0n) is 20.8. The van der Waals surface area contributed by atoms with E-state index in [1.165, 1.54) is 32.1 Å². The summed E-state index contributed by atoms with van der Waals surface area (Å²) < 4.78 is 5.33. The van der Waals surface area contributed by atoms with E-state index in [1.807, 2.05) is 18.2 Å². The second-order valence-electron chi connectivity index (χ2n) is 10.0. The van der Waals surface area contributed by atoms with Crippen LogP contribution in [0.1, 0.15) is 68.1 Å². The number of ketones is 1. The molecule has 0 unspecified atom stereocenters. The van der Waals surface area contributed by atoms with Crippen molar-refractivity contribution in [2.75, 3.05) is 32.5 Å². The standard InChI is InChI=1S/C28H38N2O4S/c1-34-22-8-9-26-25(18-22)24(11-13-29-26)27(31)10-7-20-12-14-30(19-21(20)17-28(32)33)15-16-35-23-5-3-2-4-6-23/h8-9,11,13,18,20-21,23H,2-7,10,12,14-17,19H2,1H3,(H,32,33)/t20-,21-/m1/s1. The number of carboxylic acids is 1. The average molecular weight is 499 g/mol. The van der Waals surface area contributed by atoms with Crippen molar-refractivity contribution in [1.82, 2.24) is 9.88 Å². The minimum absolute atomic E-state index is 0.0889. The predicted molar refractivity (Wildman–Crippen MR) is 141 cm³/mol. The van der Waals surface area contributed by atoms with Gasteiger partial charge in [0.05, 0.1) is 12.6 Å². The van der Waals surface area contributed by atoms with Crippen LogP contribution in [0.25, 0.3) is 10.9 Å². The van der Waals surface area contributed by atoms with Crippen molar-refractivity contribution >= 4 is 34.4 Å². The van der Waals surface area contributed by atoms with Crippen LogP contribution in [0, 0.1) is 11.8 Å². The molecule has 4 rings (SSSR count).